The number of para-hydroxylation sites is 1. The molecule has 0 spiro atoms. The van der Waals surface area contributed by atoms with Gasteiger partial charge in [0.15, 0.2) is 12.9 Å². The lowest BCUT2D eigenvalue weighted by molar-refractivity contribution is -0.124. The molecule has 6 heteroatoms. The van der Waals surface area contributed by atoms with E-state index in [0.29, 0.717) is 17.9 Å². The van der Waals surface area contributed by atoms with Gasteiger partial charge in [0, 0.05) is 25.2 Å². The zero-order valence-electron chi connectivity index (χ0n) is 15.2. The molecule has 142 valence electrons. The van der Waals surface area contributed by atoms with E-state index in [2.05, 4.69) is 10.2 Å². The summed E-state index contributed by atoms with van der Waals surface area (Å²) in [7, 11) is 0. The lowest BCUT2D eigenvalue weighted by Gasteiger charge is -2.48. The Morgan fingerprint density at radius 1 is 1.19 bits per heavy atom. The van der Waals surface area contributed by atoms with Crippen LogP contribution < -0.4 is 10.1 Å². The maximum Gasteiger partial charge on any atom is 0.258 e. The average Bonchev–Trinajstić information content (AvgIpc) is 2.72. The van der Waals surface area contributed by atoms with Crippen LogP contribution in [0, 0.1) is 0 Å². The lowest BCUT2D eigenvalue weighted by Crippen LogP contribution is -2.60. The van der Waals surface area contributed by atoms with E-state index in [-0.39, 0.29) is 18.1 Å². The number of carbonyl (C=O) groups excluding carboxylic acids is 2. The third-order valence-corrected chi connectivity index (χ3v) is 5.49. The maximum absolute atomic E-state index is 12.3. The molecule has 1 amide bonds. The minimum Gasteiger partial charge on any atom is -0.483 e. The van der Waals surface area contributed by atoms with Gasteiger partial charge in [0.25, 0.3) is 5.91 Å². The lowest BCUT2D eigenvalue weighted by atomic mass is 9.79. The van der Waals surface area contributed by atoms with Crippen molar-refractivity contribution in [3.63, 3.8) is 0 Å². The number of nitrogens with zero attached hydrogens (tertiary/aromatic N) is 1. The van der Waals surface area contributed by atoms with Gasteiger partial charge in [0.1, 0.15) is 5.75 Å². The molecule has 1 aromatic rings. The van der Waals surface area contributed by atoms with Crippen molar-refractivity contribution in [1.82, 2.24) is 10.2 Å². The second-order valence-corrected chi connectivity index (χ2v) is 7.11. The number of hydrogen-bond donors (Lipinski definition) is 1. The van der Waals surface area contributed by atoms with Crippen LogP contribution in [0.25, 0.3) is 0 Å². The zero-order chi connectivity index (χ0) is 18.2. The Bertz CT molecular complexity index is 608. The van der Waals surface area contributed by atoms with Crippen molar-refractivity contribution in [3.8, 4) is 5.75 Å². The highest BCUT2D eigenvalue weighted by Crippen LogP contribution is 2.33. The van der Waals surface area contributed by atoms with Crippen LogP contribution in [-0.4, -0.2) is 62.1 Å². The van der Waals surface area contributed by atoms with Gasteiger partial charge in [-0.2, -0.15) is 0 Å². The molecule has 1 aromatic carbocycles. The molecule has 1 aliphatic heterocycles. The van der Waals surface area contributed by atoms with E-state index in [1.807, 2.05) is 0 Å². The van der Waals surface area contributed by atoms with Crippen LogP contribution in [0.1, 0.15) is 42.5 Å². The van der Waals surface area contributed by atoms with Crippen molar-refractivity contribution < 1.29 is 19.1 Å². The first-order chi connectivity index (χ1) is 12.7. The van der Waals surface area contributed by atoms with Gasteiger partial charge >= 0.3 is 0 Å². The van der Waals surface area contributed by atoms with E-state index in [1.165, 1.54) is 19.3 Å². The van der Waals surface area contributed by atoms with Crippen molar-refractivity contribution in [3.05, 3.63) is 29.8 Å². The second kappa shape index (κ2) is 9.14. The minimum absolute atomic E-state index is 0.0401. The van der Waals surface area contributed by atoms with Crippen LogP contribution in [0.2, 0.25) is 0 Å². The summed E-state index contributed by atoms with van der Waals surface area (Å²) in [6, 6.07) is 6.94. The fourth-order valence-corrected chi connectivity index (χ4v) is 4.02. The van der Waals surface area contributed by atoms with Gasteiger partial charge in [-0.15, -0.1) is 0 Å². The van der Waals surface area contributed by atoms with Gasteiger partial charge in [-0.25, -0.2) is 0 Å². The van der Waals surface area contributed by atoms with E-state index in [9.17, 15) is 9.59 Å². The fraction of sp³-hybridized carbons (Fsp3) is 0.600. The third-order valence-electron chi connectivity index (χ3n) is 5.49. The highest BCUT2D eigenvalue weighted by Gasteiger charge is 2.38. The molecular weight excluding hydrogens is 332 g/mol. The van der Waals surface area contributed by atoms with Gasteiger partial charge in [0.05, 0.1) is 18.8 Å². The molecule has 0 unspecified atom stereocenters. The Hall–Kier alpha value is -1.92. The minimum atomic E-state index is -0.149. The monoisotopic (exact) mass is 360 g/mol. The molecule has 1 N–H and O–H groups in total. The molecule has 1 saturated heterocycles. The number of ether oxygens (including phenoxy) is 2. The van der Waals surface area contributed by atoms with Crippen LogP contribution in [0.4, 0.5) is 0 Å². The second-order valence-electron chi connectivity index (χ2n) is 7.11. The summed E-state index contributed by atoms with van der Waals surface area (Å²) in [5, 5.41) is 3.06. The van der Waals surface area contributed by atoms with E-state index >= 15 is 0 Å². The molecular formula is C20H28N2O4. The van der Waals surface area contributed by atoms with Crippen LogP contribution in [-0.2, 0) is 9.53 Å². The van der Waals surface area contributed by atoms with Crippen molar-refractivity contribution in [2.75, 3.05) is 39.5 Å². The van der Waals surface area contributed by atoms with Crippen molar-refractivity contribution >= 4 is 12.2 Å². The van der Waals surface area contributed by atoms with Gasteiger partial charge < -0.3 is 14.8 Å². The predicted molar refractivity (Wildman–Crippen MR) is 98.5 cm³/mol. The first-order valence-corrected chi connectivity index (χ1v) is 9.50. The van der Waals surface area contributed by atoms with Crippen molar-refractivity contribution in [1.29, 1.82) is 0 Å². The summed E-state index contributed by atoms with van der Waals surface area (Å²) in [6.07, 6.45) is 6.64. The molecule has 0 aromatic heterocycles. The number of morpholine rings is 1. The molecule has 6 nitrogen and oxygen atoms in total. The molecule has 1 aliphatic carbocycles. The average molecular weight is 360 g/mol. The molecule has 0 bridgehead atoms. The summed E-state index contributed by atoms with van der Waals surface area (Å²) in [5.74, 6) is 0.294. The Morgan fingerprint density at radius 2 is 1.92 bits per heavy atom. The quantitative estimate of drug-likeness (QED) is 0.754. The highest BCUT2D eigenvalue weighted by molar-refractivity contribution is 5.80. The molecule has 2 aliphatic rings. The molecule has 1 saturated carbocycles. The predicted octanol–water partition coefficient (Wildman–Crippen LogP) is 2.03. The Kier molecular flexibility index (Phi) is 6.63. The zero-order valence-corrected chi connectivity index (χ0v) is 15.2. The van der Waals surface area contributed by atoms with Gasteiger partial charge in [-0.05, 0) is 25.0 Å². The highest BCUT2D eigenvalue weighted by atomic mass is 16.5. The summed E-state index contributed by atoms with van der Waals surface area (Å²) in [5.41, 5.74) is 0.496. The normalized spacial score (nSPS) is 20.3. The molecule has 1 heterocycles. The summed E-state index contributed by atoms with van der Waals surface area (Å²) in [4.78, 5) is 25.8. The smallest absolute Gasteiger partial charge is 0.258 e. The topological polar surface area (TPSA) is 67.9 Å². The van der Waals surface area contributed by atoms with Gasteiger partial charge in [0.2, 0.25) is 0 Å². The van der Waals surface area contributed by atoms with Crippen LogP contribution in [0.5, 0.6) is 5.75 Å². The van der Waals surface area contributed by atoms with Crippen LogP contribution in [0.3, 0.4) is 0 Å². The van der Waals surface area contributed by atoms with E-state index < -0.39 is 0 Å². The number of nitrogens with one attached hydrogen (secondary N) is 1. The molecule has 3 rings (SSSR count). The standard InChI is InChI=1S/C20H28N2O4/c23-14-17-6-2-3-7-18(17)26-15-19(24)21-16-20(8-4-1-5-9-20)22-10-12-25-13-11-22/h2-3,6-7,14H,1,4-5,8-13,15-16H2,(H,21,24). The third kappa shape index (κ3) is 4.62. The summed E-state index contributed by atoms with van der Waals surface area (Å²) < 4.78 is 11.0. The largest absolute Gasteiger partial charge is 0.483 e. The Labute approximate surface area is 154 Å². The van der Waals surface area contributed by atoms with E-state index in [0.717, 1.165) is 45.4 Å². The number of hydrogen-bond acceptors (Lipinski definition) is 5. The SMILES string of the molecule is O=Cc1ccccc1OCC(=O)NCC1(N2CCOCC2)CCCCC1. The Balaban J connectivity index is 1.54. The first kappa shape index (κ1) is 18.9. The van der Waals surface area contributed by atoms with E-state index in [1.54, 1.807) is 24.3 Å². The van der Waals surface area contributed by atoms with Gasteiger partial charge in [-0.1, -0.05) is 31.4 Å². The summed E-state index contributed by atoms with van der Waals surface area (Å²) >= 11 is 0. The number of rotatable bonds is 7. The first-order valence-electron chi connectivity index (χ1n) is 9.50. The van der Waals surface area contributed by atoms with Crippen molar-refractivity contribution in [2.45, 2.75) is 37.6 Å². The van der Waals surface area contributed by atoms with E-state index in [4.69, 9.17) is 9.47 Å². The maximum atomic E-state index is 12.3. The van der Waals surface area contributed by atoms with Crippen LogP contribution in [0.15, 0.2) is 24.3 Å². The number of benzene rings is 1. The van der Waals surface area contributed by atoms with Crippen molar-refractivity contribution in [2.24, 2.45) is 0 Å². The fourth-order valence-electron chi connectivity index (χ4n) is 4.02. The molecule has 2 fully saturated rings. The van der Waals surface area contributed by atoms with Crippen LogP contribution >= 0.6 is 0 Å². The number of amides is 1. The molecule has 0 radical (unpaired) electrons. The number of carbonyl (C=O) groups is 2. The summed E-state index contributed by atoms with van der Waals surface area (Å²) in [6.45, 7) is 3.95. The van der Waals surface area contributed by atoms with Gasteiger partial charge in [-0.3, -0.25) is 14.5 Å². The Morgan fingerprint density at radius 3 is 2.65 bits per heavy atom. The molecule has 0 atom stereocenters. The molecule has 26 heavy (non-hydrogen) atoms. The number of aldehydes is 1.